The van der Waals surface area contributed by atoms with Crippen molar-refractivity contribution in [2.24, 2.45) is 5.92 Å². The molecule has 1 heterocycles. The van der Waals surface area contributed by atoms with Crippen molar-refractivity contribution in [2.45, 2.75) is 46.1 Å². The quantitative estimate of drug-likeness (QED) is 0.468. The van der Waals surface area contributed by atoms with Crippen molar-refractivity contribution in [1.82, 2.24) is 0 Å². The maximum absolute atomic E-state index is 12.9. The molecule has 0 spiro atoms. The highest BCUT2D eigenvalue weighted by molar-refractivity contribution is 6.03. The number of rotatable bonds is 6. The van der Waals surface area contributed by atoms with Crippen LogP contribution in [0.15, 0.2) is 48.1 Å². The number of Topliss-reactive ketones (excluding diaryl/α,β-unsaturated/α-hetero) is 1. The molecular weight excluding hydrogens is 396 g/mol. The zero-order chi connectivity index (χ0) is 22.9. The third-order valence-electron chi connectivity index (χ3n) is 5.58. The fourth-order valence-electron chi connectivity index (χ4n) is 3.76. The van der Waals surface area contributed by atoms with E-state index in [9.17, 15) is 25.2 Å². The molecule has 0 fully saturated rings. The van der Waals surface area contributed by atoms with Crippen molar-refractivity contribution in [1.29, 1.82) is 0 Å². The third kappa shape index (κ3) is 4.68. The Labute approximate surface area is 181 Å². The topological polar surface area (TPSA) is 107 Å². The molecule has 6 nitrogen and oxygen atoms in total. The third-order valence-corrected chi connectivity index (χ3v) is 5.58. The molecule has 0 radical (unpaired) electrons. The summed E-state index contributed by atoms with van der Waals surface area (Å²) in [5.74, 6) is -1.05. The molecule has 3 rings (SSSR count). The van der Waals surface area contributed by atoms with Gasteiger partial charge in [-0.1, -0.05) is 23.8 Å². The molecule has 0 saturated heterocycles. The van der Waals surface area contributed by atoms with E-state index < -0.39 is 6.10 Å². The molecule has 0 amide bonds. The van der Waals surface area contributed by atoms with Crippen LogP contribution in [0.2, 0.25) is 0 Å². The molecule has 1 unspecified atom stereocenters. The van der Waals surface area contributed by atoms with Crippen molar-refractivity contribution in [2.75, 3.05) is 0 Å². The lowest BCUT2D eigenvalue weighted by molar-refractivity contribution is 0.0841. The van der Waals surface area contributed by atoms with Gasteiger partial charge in [-0.2, -0.15) is 0 Å². The normalized spacial score (nSPS) is 16.2. The highest BCUT2D eigenvalue weighted by Gasteiger charge is 2.34. The monoisotopic (exact) mass is 424 g/mol. The standard InChI is InChI=1S/C25H28O6/c1-13(2)5-6-15(14(3)4)9-18-20(28)11-23-24(25(18)30)21(29)12-22(31-23)17-8-7-16(26)10-19(17)27/h5,7-8,10-11,15,22,26-28,30H,3,6,9,12H2,1-2,4H3/t15?,22-/m0/s1. The number of fused-ring (bicyclic) bond motifs is 1. The number of hydrogen-bond acceptors (Lipinski definition) is 6. The maximum Gasteiger partial charge on any atom is 0.174 e. The van der Waals surface area contributed by atoms with Gasteiger partial charge in [0, 0.05) is 23.3 Å². The second-order valence-corrected chi connectivity index (χ2v) is 8.34. The van der Waals surface area contributed by atoms with E-state index >= 15 is 0 Å². The van der Waals surface area contributed by atoms with Crippen LogP contribution < -0.4 is 4.74 Å². The van der Waals surface area contributed by atoms with E-state index in [1.54, 1.807) is 0 Å². The number of phenols is 4. The van der Waals surface area contributed by atoms with Crippen molar-refractivity contribution in [3.8, 4) is 28.7 Å². The summed E-state index contributed by atoms with van der Waals surface area (Å²) in [6.45, 7) is 9.93. The van der Waals surface area contributed by atoms with Crippen LogP contribution in [0.1, 0.15) is 61.2 Å². The maximum atomic E-state index is 12.9. The fraction of sp³-hybridized carbons (Fsp3) is 0.320. The number of carbonyl (C=O) groups is 1. The molecule has 6 heteroatoms. The van der Waals surface area contributed by atoms with Crippen molar-refractivity contribution in [3.05, 3.63) is 64.8 Å². The van der Waals surface area contributed by atoms with Crippen LogP contribution in [0.25, 0.3) is 0 Å². The number of allylic oxidation sites excluding steroid dienone is 3. The van der Waals surface area contributed by atoms with Gasteiger partial charge in [-0.15, -0.1) is 0 Å². The van der Waals surface area contributed by atoms with Crippen LogP contribution in [0.5, 0.6) is 28.7 Å². The van der Waals surface area contributed by atoms with Gasteiger partial charge < -0.3 is 25.2 Å². The fourth-order valence-corrected chi connectivity index (χ4v) is 3.76. The van der Waals surface area contributed by atoms with Gasteiger partial charge in [0.15, 0.2) is 5.78 Å². The number of benzene rings is 2. The Morgan fingerprint density at radius 1 is 1.16 bits per heavy atom. The van der Waals surface area contributed by atoms with Gasteiger partial charge in [0.25, 0.3) is 0 Å². The molecule has 0 bridgehead atoms. The molecule has 31 heavy (non-hydrogen) atoms. The van der Waals surface area contributed by atoms with E-state index in [4.69, 9.17) is 4.74 Å². The summed E-state index contributed by atoms with van der Waals surface area (Å²) < 4.78 is 5.85. The predicted octanol–water partition coefficient (Wildman–Crippen LogP) is 5.31. The molecular formula is C25H28O6. The Morgan fingerprint density at radius 3 is 2.48 bits per heavy atom. The van der Waals surface area contributed by atoms with Gasteiger partial charge in [0.1, 0.15) is 40.4 Å². The number of ketones is 1. The van der Waals surface area contributed by atoms with E-state index in [1.807, 2.05) is 20.8 Å². The number of aromatic hydroxyl groups is 4. The molecule has 164 valence electrons. The Morgan fingerprint density at radius 2 is 1.87 bits per heavy atom. The van der Waals surface area contributed by atoms with Gasteiger partial charge in [0.2, 0.25) is 0 Å². The molecule has 0 aromatic heterocycles. The molecule has 0 saturated carbocycles. The van der Waals surface area contributed by atoms with Crippen molar-refractivity contribution in [3.63, 3.8) is 0 Å². The SMILES string of the molecule is C=C(C)C(CC=C(C)C)Cc1c(O)cc2c(c1O)C(=O)C[C@@H](c1ccc(O)cc1O)O2. The molecule has 2 aromatic rings. The zero-order valence-electron chi connectivity index (χ0n) is 18.0. The van der Waals surface area contributed by atoms with Crippen LogP contribution >= 0.6 is 0 Å². The molecule has 0 aliphatic carbocycles. The lowest BCUT2D eigenvalue weighted by Crippen LogP contribution is -2.21. The summed E-state index contributed by atoms with van der Waals surface area (Å²) >= 11 is 0. The smallest absolute Gasteiger partial charge is 0.174 e. The Hall–Kier alpha value is -3.41. The number of ether oxygens (including phenoxy) is 1. The van der Waals surface area contributed by atoms with Crippen LogP contribution in [-0.2, 0) is 6.42 Å². The van der Waals surface area contributed by atoms with Crippen LogP contribution in [-0.4, -0.2) is 26.2 Å². The second kappa shape index (κ2) is 8.76. The summed E-state index contributed by atoms with van der Waals surface area (Å²) in [7, 11) is 0. The number of phenolic OH excluding ortho intramolecular Hbond substituents is 4. The van der Waals surface area contributed by atoms with E-state index in [2.05, 4.69) is 12.7 Å². The second-order valence-electron chi connectivity index (χ2n) is 8.34. The Bertz CT molecular complexity index is 1060. The zero-order valence-corrected chi connectivity index (χ0v) is 18.0. The Kier molecular flexibility index (Phi) is 6.29. The highest BCUT2D eigenvalue weighted by Crippen LogP contribution is 2.46. The van der Waals surface area contributed by atoms with E-state index in [1.165, 1.54) is 24.3 Å². The highest BCUT2D eigenvalue weighted by atomic mass is 16.5. The van der Waals surface area contributed by atoms with Crippen LogP contribution in [0, 0.1) is 5.92 Å². The minimum atomic E-state index is -0.800. The van der Waals surface area contributed by atoms with Crippen molar-refractivity contribution < 1.29 is 30.0 Å². The van der Waals surface area contributed by atoms with Gasteiger partial charge in [-0.05, 0) is 51.7 Å². The summed E-state index contributed by atoms with van der Waals surface area (Å²) in [4.78, 5) is 12.9. The lowest BCUT2D eigenvalue weighted by atomic mass is 9.86. The summed E-state index contributed by atoms with van der Waals surface area (Å²) in [5.41, 5.74) is 2.74. The van der Waals surface area contributed by atoms with Crippen molar-refractivity contribution >= 4 is 5.78 Å². The van der Waals surface area contributed by atoms with Crippen LogP contribution in [0.3, 0.4) is 0 Å². The molecule has 2 atom stereocenters. The van der Waals surface area contributed by atoms with Gasteiger partial charge in [-0.3, -0.25) is 4.79 Å². The summed E-state index contributed by atoms with van der Waals surface area (Å²) in [6.07, 6.45) is 2.23. The van der Waals surface area contributed by atoms with E-state index in [0.717, 1.165) is 11.1 Å². The van der Waals surface area contributed by atoms with Gasteiger partial charge in [0.05, 0.1) is 6.42 Å². The first kappa shape index (κ1) is 22.3. The first-order chi connectivity index (χ1) is 14.6. The average molecular weight is 424 g/mol. The minimum absolute atomic E-state index is 0.00828. The minimum Gasteiger partial charge on any atom is -0.508 e. The first-order valence-corrected chi connectivity index (χ1v) is 10.2. The van der Waals surface area contributed by atoms with Gasteiger partial charge in [-0.25, -0.2) is 0 Å². The first-order valence-electron chi connectivity index (χ1n) is 10.2. The van der Waals surface area contributed by atoms with Gasteiger partial charge >= 0.3 is 0 Å². The lowest BCUT2D eigenvalue weighted by Gasteiger charge is -2.28. The van der Waals surface area contributed by atoms with E-state index in [-0.39, 0.29) is 58.0 Å². The summed E-state index contributed by atoms with van der Waals surface area (Å²) in [6, 6.07) is 5.37. The largest absolute Gasteiger partial charge is 0.508 e. The summed E-state index contributed by atoms with van der Waals surface area (Å²) in [5, 5.41) is 41.1. The molecule has 2 aromatic carbocycles. The predicted molar refractivity (Wildman–Crippen MR) is 118 cm³/mol. The molecule has 1 aliphatic heterocycles. The average Bonchev–Trinajstić information content (AvgIpc) is 2.66. The van der Waals surface area contributed by atoms with Crippen LogP contribution in [0.4, 0.5) is 0 Å². The number of hydrogen-bond donors (Lipinski definition) is 4. The number of carbonyl (C=O) groups excluding carboxylic acids is 1. The molecule has 4 N–H and O–H groups in total. The van der Waals surface area contributed by atoms with E-state index in [0.29, 0.717) is 18.4 Å². The molecule has 1 aliphatic rings. The Balaban J connectivity index is 1.95.